The molecule has 1 aliphatic carbocycles. The van der Waals surface area contributed by atoms with Crippen LogP contribution >= 0.6 is 34.2 Å². The van der Waals surface area contributed by atoms with E-state index in [1.807, 2.05) is 0 Å². The normalized spacial score (nSPS) is 24.7. The number of hydrogen-bond donors (Lipinski definition) is 1. The first kappa shape index (κ1) is 13.4. The van der Waals surface area contributed by atoms with Gasteiger partial charge in [0.2, 0.25) is 0 Å². The van der Waals surface area contributed by atoms with Crippen LogP contribution < -0.4 is 10.6 Å². The van der Waals surface area contributed by atoms with E-state index in [2.05, 4.69) is 52.7 Å². The first-order chi connectivity index (χ1) is 8.08. The molecular weight excluding hydrogens is 347 g/mol. The molecule has 0 heterocycles. The maximum atomic E-state index is 6.17. The maximum Gasteiger partial charge on any atom is 0.0560 e. The van der Waals surface area contributed by atoms with Gasteiger partial charge in [-0.25, -0.2) is 0 Å². The predicted molar refractivity (Wildman–Crippen MR) is 82.8 cm³/mol. The molecule has 0 unspecified atom stereocenters. The monoisotopic (exact) mass is 364 g/mol. The Kier molecular flexibility index (Phi) is 4.55. The van der Waals surface area contributed by atoms with Crippen molar-refractivity contribution in [3.05, 3.63) is 26.8 Å². The Morgan fingerprint density at radius 3 is 2.53 bits per heavy atom. The van der Waals surface area contributed by atoms with E-state index < -0.39 is 0 Å². The summed E-state index contributed by atoms with van der Waals surface area (Å²) in [4.78, 5) is 2.34. The van der Waals surface area contributed by atoms with Crippen LogP contribution in [0.2, 0.25) is 5.02 Å². The lowest BCUT2D eigenvalue weighted by molar-refractivity contribution is 0.385. The molecule has 0 spiro atoms. The molecule has 1 aromatic carbocycles. The molecule has 2 rings (SSSR count). The minimum absolute atomic E-state index is 0.403. The molecule has 0 saturated heterocycles. The fourth-order valence-corrected chi connectivity index (χ4v) is 2.91. The van der Waals surface area contributed by atoms with Gasteiger partial charge in [0.25, 0.3) is 0 Å². The molecule has 0 amide bonds. The highest BCUT2D eigenvalue weighted by molar-refractivity contribution is 14.1. The zero-order valence-corrected chi connectivity index (χ0v) is 12.9. The SMILES string of the molecule is CN(c1ccc(I)c(Cl)c1)[C@H]1CC[C@H](N)CC1. The van der Waals surface area contributed by atoms with Crippen LogP contribution in [0, 0.1) is 3.57 Å². The van der Waals surface area contributed by atoms with Crippen LogP contribution in [-0.4, -0.2) is 19.1 Å². The van der Waals surface area contributed by atoms with Crippen molar-refractivity contribution < 1.29 is 0 Å². The molecule has 0 bridgehead atoms. The van der Waals surface area contributed by atoms with Gasteiger partial charge >= 0.3 is 0 Å². The zero-order valence-electron chi connectivity index (χ0n) is 10.00. The van der Waals surface area contributed by atoms with Gasteiger partial charge in [-0.15, -0.1) is 0 Å². The molecular formula is C13H18ClIN2. The Labute approximate surface area is 122 Å². The summed E-state index contributed by atoms with van der Waals surface area (Å²) < 4.78 is 1.10. The summed E-state index contributed by atoms with van der Waals surface area (Å²) in [6.45, 7) is 0. The van der Waals surface area contributed by atoms with Gasteiger partial charge in [0.05, 0.1) is 5.02 Å². The van der Waals surface area contributed by atoms with E-state index in [1.54, 1.807) is 0 Å². The second-order valence-electron chi connectivity index (χ2n) is 4.78. The smallest absolute Gasteiger partial charge is 0.0560 e. The summed E-state index contributed by atoms with van der Waals surface area (Å²) >= 11 is 8.42. The summed E-state index contributed by atoms with van der Waals surface area (Å²) in [5.74, 6) is 0. The lowest BCUT2D eigenvalue weighted by atomic mass is 9.91. The van der Waals surface area contributed by atoms with Crippen molar-refractivity contribution in [2.24, 2.45) is 5.73 Å². The number of halogens is 2. The van der Waals surface area contributed by atoms with Crippen molar-refractivity contribution in [2.75, 3.05) is 11.9 Å². The van der Waals surface area contributed by atoms with E-state index in [0.717, 1.165) is 21.4 Å². The Bertz CT molecular complexity index is 389. The van der Waals surface area contributed by atoms with E-state index in [0.29, 0.717) is 12.1 Å². The standard InChI is InChI=1S/C13H18ClIN2/c1-17(10-4-2-9(16)3-5-10)11-6-7-13(15)12(14)8-11/h6-10H,2-5,16H2,1H3/t9-,10-. The number of nitrogens with two attached hydrogens (primary N) is 1. The van der Waals surface area contributed by atoms with Crippen molar-refractivity contribution in [3.8, 4) is 0 Å². The summed E-state index contributed by atoms with van der Waals surface area (Å²) in [6, 6.07) is 7.27. The molecule has 1 fully saturated rings. The molecule has 94 valence electrons. The van der Waals surface area contributed by atoms with Crippen molar-refractivity contribution in [3.63, 3.8) is 0 Å². The molecule has 17 heavy (non-hydrogen) atoms. The minimum atomic E-state index is 0.403. The van der Waals surface area contributed by atoms with Crippen LogP contribution in [0.25, 0.3) is 0 Å². The first-order valence-corrected chi connectivity index (χ1v) is 7.47. The van der Waals surface area contributed by atoms with Crippen LogP contribution in [0.1, 0.15) is 25.7 Å². The molecule has 1 aliphatic rings. The average Bonchev–Trinajstić information content (AvgIpc) is 2.33. The largest absolute Gasteiger partial charge is 0.372 e. The van der Waals surface area contributed by atoms with E-state index >= 15 is 0 Å². The van der Waals surface area contributed by atoms with Crippen LogP contribution in [0.3, 0.4) is 0 Å². The lowest BCUT2D eigenvalue weighted by Crippen LogP contribution is -2.38. The molecule has 1 aromatic rings. The number of benzene rings is 1. The Balaban J connectivity index is 2.08. The third-order valence-corrected chi connectivity index (χ3v) is 5.17. The number of nitrogens with zero attached hydrogens (tertiary/aromatic N) is 1. The van der Waals surface area contributed by atoms with Crippen LogP contribution in [0.15, 0.2) is 18.2 Å². The molecule has 0 radical (unpaired) electrons. The Hall–Kier alpha value is -0.000000000000000132. The van der Waals surface area contributed by atoms with E-state index in [4.69, 9.17) is 17.3 Å². The van der Waals surface area contributed by atoms with Gasteiger partial charge < -0.3 is 10.6 Å². The third kappa shape index (κ3) is 3.26. The molecule has 2 N–H and O–H groups in total. The minimum Gasteiger partial charge on any atom is -0.372 e. The highest BCUT2D eigenvalue weighted by Gasteiger charge is 2.22. The lowest BCUT2D eigenvalue weighted by Gasteiger charge is -2.35. The van der Waals surface area contributed by atoms with Gasteiger partial charge in [-0.1, -0.05) is 11.6 Å². The molecule has 4 heteroatoms. The second-order valence-corrected chi connectivity index (χ2v) is 6.35. The van der Waals surface area contributed by atoms with Gasteiger partial charge in [0, 0.05) is 28.4 Å². The summed E-state index contributed by atoms with van der Waals surface area (Å²) in [5.41, 5.74) is 7.14. The molecule has 0 aliphatic heterocycles. The third-order valence-electron chi connectivity index (χ3n) is 3.60. The predicted octanol–water partition coefficient (Wildman–Crippen LogP) is 3.65. The zero-order chi connectivity index (χ0) is 12.4. The summed E-state index contributed by atoms with van der Waals surface area (Å²) in [7, 11) is 2.15. The molecule has 0 aromatic heterocycles. The fraction of sp³-hybridized carbons (Fsp3) is 0.538. The number of anilines is 1. The Morgan fingerprint density at radius 1 is 1.29 bits per heavy atom. The molecule has 1 saturated carbocycles. The topological polar surface area (TPSA) is 29.3 Å². The van der Waals surface area contributed by atoms with Crippen LogP contribution in [0.4, 0.5) is 5.69 Å². The van der Waals surface area contributed by atoms with Gasteiger partial charge in [0.1, 0.15) is 0 Å². The van der Waals surface area contributed by atoms with Crippen molar-refractivity contribution in [1.82, 2.24) is 0 Å². The van der Waals surface area contributed by atoms with Gasteiger partial charge in [-0.3, -0.25) is 0 Å². The van der Waals surface area contributed by atoms with Crippen LogP contribution in [-0.2, 0) is 0 Å². The highest BCUT2D eigenvalue weighted by Crippen LogP contribution is 2.29. The van der Waals surface area contributed by atoms with Crippen molar-refractivity contribution in [2.45, 2.75) is 37.8 Å². The van der Waals surface area contributed by atoms with Crippen molar-refractivity contribution >= 4 is 39.9 Å². The number of rotatable bonds is 2. The highest BCUT2D eigenvalue weighted by atomic mass is 127. The van der Waals surface area contributed by atoms with Gasteiger partial charge in [0.15, 0.2) is 0 Å². The first-order valence-electron chi connectivity index (χ1n) is 6.01. The van der Waals surface area contributed by atoms with Gasteiger partial charge in [-0.2, -0.15) is 0 Å². The van der Waals surface area contributed by atoms with E-state index in [1.165, 1.54) is 18.5 Å². The second kappa shape index (κ2) is 5.76. The molecule has 2 nitrogen and oxygen atoms in total. The van der Waals surface area contributed by atoms with E-state index in [9.17, 15) is 0 Å². The Morgan fingerprint density at radius 2 is 1.94 bits per heavy atom. The van der Waals surface area contributed by atoms with Crippen molar-refractivity contribution in [1.29, 1.82) is 0 Å². The quantitative estimate of drug-likeness (QED) is 0.812. The maximum absolute atomic E-state index is 6.17. The summed E-state index contributed by atoms with van der Waals surface area (Å²) in [6.07, 6.45) is 4.63. The van der Waals surface area contributed by atoms with Gasteiger partial charge in [-0.05, 0) is 66.5 Å². The van der Waals surface area contributed by atoms with Crippen LogP contribution in [0.5, 0.6) is 0 Å². The van der Waals surface area contributed by atoms with E-state index in [-0.39, 0.29) is 0 Å². The summed E-state index contributed by atoms with van der Waals surface area (Å²) in [5, 5.41) is 0.836. The number of hydrogen-bond acceptors (Lipinski definition) is 2. The molecule has 0 atom stereocenters. The average molecular weight is 365 g/mol. The fourth-order valence-electron chi connectivity index (χ4n) is 2.40.